The Morgan fingerprint density at radius 3 is 2.65 bits per heavy atom. The first kappa shape index (κ1) is 18.6. The number of aromatic nitrogens is 3. The van der Waals surface area contributed by atoms with E-state index in [9.17, 15) is 4.79 Å². The lowest BCUT2D eigenvalue weighted by molar-refractivity contribution is -0.116. The SMILES string of the molecule is Cn1nc(C2CCNCC2)nc1NC(=O)CCC(C)(C)c1ccccc1. The fraction of sp³-hybridized carbons (Fsp3) is 0.550. The number of anilines is 1. The molecule has 2 aromatic rings. The second-order valence-electron chi connectivity index (χ2n) is 7.74. The summed E-state index contributed by atoms with van der Waals surface area (Å²) < 4.78 is 1.68. The Balaban J connectivity index is 1.57. The molecule has 0 saturated carbocycles. The molecule has 6 heteroatoms. The van der Waals surface area contributed by atoms with Gasteiger partial charge in [0.1, 0.15) is 0 Å². The molecule has 26 heavy (non-hydrogen) atoms. The van der Waals surface area contributed by atoms with Gasteiger partial charge >= 0.3 is 0 Å². The number of carbonyl (C=O) groups is 1. The van der Waals surface area contributed by atoms with Gasteiger partial charge in [0, 0.05) is 19.4 Å². The van der Waals surface area contributed by atoms with Crippen LogP contribution in [0.15, 0.2) is 30.3 Å². The maximum absolute atomic E-state index is 12.4. The Morgan fingerprint density at radius 2 is 1.96 bits per heavy atom. The molecule has 0 atom stereocenters. The van der Waals surface area contributed by atoms with Gasteiger partial charge in [-0.25, -0.2) is 4.68 Å². The van der Waals surface area contributed by atoms with Crippen molar-refractivity contribution >= 4 is 11.9 Å². The van der Waals surface area contributed by atoms with E-state index in [1.165, 1.54) is 5.56 Å². The van der Waals surface area contributed by atoms with Gasteiger partial charge in [0.25, 0.3) is 0 Å². The first-order valence-electron chi connectivity index (χ1n) is 9.43. The number of nitrogens with zero attached hydrogens (tertiary/aromatic N) is 3. The number of hydrogen-bond acceptors (Lipinski definition) is 4. The number of nitrogens with one attached hydrogen (secondary N) is 2. The zero-order valence-electron chi connectivity index (χ0n) is 16.0. The Bertz CT molecular complexity index is 732. The van der Waals surface area contributed by atoms with Crippen LogP contribution < -0.4 is 10.6 Å². The largest absolute Gasteiger partial charge is 0.317 e. The van der Waals surface area contributed by atoms with Crippen LogP contribution >= 0.6 is 0 Å². The molecule has 0 aliphatic carbocycles. The molecule has 0 unspecified atom stereocenters. The summed E-state index contributed by atoms with van der Waals surface area (Å²) in [5, 5.41) is 10.8. The van der Waals surface area contributed by atoms with Gasteiger partial charge in [-0.05, 0) is 43.3 Å². The van der Waals surface area contributed by atoms with Crippen LogP contribution in [0.1, 0.15) is 56.8 Å². The molecule has 1 aromatic carbocycles. The smallest absolute Gasteiger partial charge is 0.227 e. The molecule has 2 N–H and O–H groups in total. The monoisotopic (exact) mass is 355 g/mol. The van der Waals surface area contributed by atoms with Crippen molar-refractivity contribution in [3.8, 4) is 0 Å². The lowest BCUT2D eigenvalue weighted by atomic mass is 9.80. The molecule has 1 amide bonds. The van der Waals surface area contributed by atoms with Crippen molar-refractivity contribution in [1.82, 2.24) is 20.1 Å². The van der Waals surface area contributed by atoms with Gasteiger partial charge in [-0.15, -0.1) is 0 Å². The van der Waals surface area contributed by atoms with Crippen LogP contribution in [0.3, 0.4) is 0 Å². The van der Waals surface area contributed by atoms with E-state index in [1.54, 1.807) is 4.68 Å². The highest BCUT2D eigenvalue weighted by Crippen LogP contribution is 2.28. The van der Waals surface area contributed by atoms with Crippen LogP contribution in [-0.4, -0.2) is 33.8 Å². The Hall–Kier alpha value is -2.21. The van der Waals surface area contributed by atoms with Crippen LogP contribution in [0.5, 0.6) is 0 Å². The molecule has 2 heterocycles. The average Bonchev–Trinajstić information content (AvgIpc) is 3.02. The minimum Gasteiger partial charge on any atom is -0.317 e. The molecule has 0 spiro atoms. The van der Waals surface area contributed by atoms with Crippen molar-refractivity contribution in [2.45, 2.75) is 50.9 Å². The molecule has 1 aromatic heterocycles. The molecule has 1 aliphatic heterocycles. The van der Waals surface area contributed by atoms with Crippen LogP contribution in [-0.2, 0) is 17.3 Å². The number of piperidine rings is 1. The van der Waals surface area contributed by atoms with Crippen LogP contribution in [0, 0.1) is 0 Å². The first-order chi connectivity index (χ1) is 12.5. The van der Waals surface area contributed by atoms with Gasteiger partial charge in [0.15, 0.2) is 5.82 Å². The predicted octanol–water partition coefficient (Wildman–Crippen LogP) is 2.98. The molecule has 0 radical (unpaired) electrons. The highest BCUT2D eigenvalue weighted by molar-refractivity contribution is 5.89. The van der Waals surface area contributed by atoms with Crippen molar-refractivity contribution in [3.63, 3.8) is 0 Å². The van der Waals surface area contributed by atoms with E-state index in [0.717, 1.165) is 38.2 Å². The Kier molecular flexibility index (Phi) is 5.71. The maximum Gasteiger partial charge on any atom is 0.227 e. The van der Waals surface area contributed by atoms with Gasteiger partial charge < -0.3 is 5.32 Å². The minimum absolute atomic E-state index is 0.0126. The zero-order valence-corrected chi connectivity index (χ0v) is 16.0. The topological polar surface area (TPSA) is 71.8 Å². The van der Waals surface area contributed by atoms with Crippen LogP contribution in [0.25, 0.3) is 0 Å². The molecule has 140 valence electrons. The Morgan fingerprint density at radius 1 is 1.27 bits per heavy atom. The maximum atomic E-state index is 12.4. The third-order valence-electron chi connectivity index (χ3n) is 5.27. The molecule has 1 saturated heterocycles. The normalized spacial score (nSPS) is 15.8. The van der Waals surface area contributed by atoms with Crippen molar-refractivity contribution in [2.75, 3.05) is 18.4 Å². The zero-order chi connectivity index (χ0) is 18.6. The summed E-state index contributed by atoms with van der Waals surface area (Å²) >= 11 is 0. The second-order valence-corrected chi connectivity index (χ2v) is 7.74. The predicted molar refractivity (Wildman–Crippen MR) is 103 cm³/mol. The van der Waals surface area contributed by atoms with E-state index in [0.29, 0.717) is 18.3 Å². The van der Waals surface area contributed by atoms with E-state index in [2.05, 4.69) is 46.7 Å². The quantitative estimate of drug-likeness (QED) is 0.836. The Labute approximate surface area is 155 Å². The van der Waals surface area contributed by atoms with E-state index >= 15 is 0 Å². The van der Waals surface area contributed by atoms with Crippen molar-refractivity contribution in [1.29, 1.82) is 0 Å². The summed E-state index contributed by atoms with van der Waals surface area (Å²) in [4.78, 5) is 17.0. The second kappa shape index (κ2) is 7.99. The number of rotatable bonds is 6. The lowest BCUT2D eigenvalue weighted by Gasteiger charge is -2.24. The van der Waals surface area contributed by atoms with E-state index in [-0.39, 0.29) is 11.3 Å². The van der Waals surface area contributed by atoms with E-state index < -0.39 is 0 Å². The summed E-state index contributed by atoms with van der Waals surface area (Å²) in [6, 6.07) is 10.3. The van der Waals surface area contributed by atoms with Gasteiger partial charge in [0.05, 0.1) is 0 Å². The summed E-state index contributed by atoms with van der Waals surface area (Å²) in [6.07, 6.45) is 3.32. The lowest BCUT2D eigenvalue weighted by Crippen LogP contribution is -2.27. The number of benzene rings is 1. The first-order valence-corrected chi connectivity index (χ1v) is 9.43. The third-order valence-corrected chi connectivity index (χ3v) is 5.27. The highest BCUT2D eigenvalue weighted by atomic mass is 16.1. The van der Waals surface area contributed by atoms with E-state index in [4.69, 9.17) is 0 Å². The molecule has 3 rings (SSSR count). The summed E-state index contributed by atoms with van der Waals surface area (Å²) in [7, 11) is 1.83. The van der Waals surface area contributed by atoms with Crippen molar-refractivity contribution in [3.05, 3.63) is 41.7 Å². The van der Waals surface area contributed by atoms with Crippen LogP contribution in [0.4, 0.5) is 5.95 Å². The summed E-state index contributed by atoms with van der Waals surface area (Å²) in [5.41, 5.74) is 1.21. The van der Waals surface area contributed by atoms with Crippen LogP contribution in [0.2, 0.25) is 0 Å². The molecule has 1 aliphatic rings. The average molecular weight is 355 g/mol. The molecular weight excluding hydrogens is 326 g/mol. The van der Waals surface area contributed by atoms with Gasteiger partial charge in [0.2, 0.25) is 11.9 Å². The number of aryl methyl sites for hydroxylation is 1. The van der Waals surface area contributed by atoms with Crippen molar-refractivity contribution < 1.29 is 4.79 Å². The molecule has 1 fully saturated rings. The summed E-state index contributed by atoms with van der Waals surface area (Å²) in [5.74, 6) is 1.75. The van der Waals surface area contributed by atoms with Gasteiger partial charge in [-0.1, -0.05) is 44.2 Å². The standard InChI is InChI=1S/C20H29N5O/c1-20(2,16-7-5-4-6-8-16)12-9-17(26)22-19-23-18(24-25(19)3)15-10-13-21-14-11-15/h4-8,15,21H,9-14H2,1-3H3,(H,22,23,24,26). The third kappa shape index (κ3) is 4.49. The molecule has 0 bridgehead atoms. The number of hydrogen-bond donors (Lipinski definition) is 2. The molecule has 6 nitrogen and oxygen atoms in total. The minimum atomic E-state index is -0.0429. The van der Waals surface area contributed by atoms with Gasteiger partial charge in [-0.2, -0.15) is 10.1 Å². The molecular formula is C20H29N5O. The number of amides is 1. The summed E-state index contributed by atoms with van der Waals surface area (Å²) in [6.45, 7) is 6.35. The fourth-order valence-corrected chi connectivity index (χ4v) is 3.41. The highest BCUT2D eigenvalue weighted by Gasteiger charge is 2.23. The van der Waals surface area contributed by atoms with Crippen molar-refractivity contribution in [2.24, 2.45) is 7.05 Å². The number of carbonyl (C=O) groups excluding carboxylic acids is 1. The van der Waals surface area contributed by atoms with Gasteiger partial charge in [-0.3, -0.25) is 10.1 Å². The fourth-order valence-electron chi connectivity index (χ4n) is 3.41. The van der Waals surface area contributed by atoms with E-state index in [1.807, 2.05) is 25.2 Å².